The number of aliphatic hydroxyl groups excluding tert-OH is 1. The maximum atomic E-state index is 10.5. The summed E-state index contributed by atoms with van der Waals surface area (Å²) in [6.45, 7) is 1.00. The third-order valence-electron chi connectivity index (χ3n) is 1.06. The summed E-state index contributed by atoms with van der Waals surface area (Å²) < 4.78 is 4.51. The highest BCUT2D eigenvalue weighted by Gasteiger charge is 2.10. The quantitative estimate of drug-likeness (QED) is 0.342. The summed E-state index contributed by atoms with van der Waals surface area (Å²) in [5, 5.41) is 18.1. The molecule has 0 amide bonds. The first-order valence-corrected chi connectivity index (χ1v) is 3.29. The maximum Gasteiger partial charge on any atom is 0.305 e. The molecule has 0 bridgehead atoms. The highest BCUT2D eigenvalue weighted by Crippen LogP contribution is 1.92. The van der Waals surface area contributed by atoms with E-state index in [1.165, 1.54) is 0 Å². The van der Waals surface area contributed by atoms with Gasteiger partial charge in [-0.05, 0) is 5.26 Å². The summed E-state index contributed by atoms with van der Waals surface area (Å²) >= 11 is 0. The van der Waals surface area contributed by atoms with Crippen LogP contribution in [0.25, 0.3) is 0 Å². The molecule has 1 atom stereocenters. The van der Waals surface area contributed by atoms with E-state index in [1.807, 2.05) is 0 Å². The molecule has 0 rings (SSSR count). The van der Waals surface area contributed by atoms with Gasteiger partial charge in [0.05, 0.1) is 6.61 Å². The van der Waals surface area contributed by atoms with Crippen LogP contribution in [0.2, 0.25) is 0 Å². The summed E-state index contributed by atoms with van der Waals surface area (Å²) in [7, 11) is 0. The Morgan fingerprint density at radius 2 is 2.27 bits per heavy atom. The normalized spacial score (nSPS) is 12.6. The summed E-state index contributed by atoms with van der Waals surface area (Å²) in [5.41, 5.74) is 0. The molecule has 0 saturated carbocycles. The minimum atomic E-state index is -0.953. The first-order valence-electron chi connectivity index (χ1n) is 3.29. The van der Waals surface area contributed by atoms with Crippen LogP contribution >= 0.6 is 0 Å². The van der Waals surface area contributed by atoms with Gasteiger partial charge in [0.25, 0.3) is 0 Å². The molecule has 0 aromatic rings. The van der Waals surface area contributed by atoms with Gasteiger partial charge in [-0.3, -0.25) is 4.79 Å². The van der Waals surface area contributed by atoms with Crippen LogP contribution < -0.4 is 0 Å². The van der Waals surface area contributed by atoms with E-state index in [-0.39, 0.29) is 13.0 Å². The second-order valence-electron chi connectivity index (χ2n) is 1.94. The van der Waals surface area contributed by atoms with Crippen molar-refractivity contribution in [1.82, 2.24) is 0 Å². The summed E-state index contributed by atoms with van der Waals surface area (Å²) in [4.78, 5) is 14.0. The third-order valence-corrected chi connectivity index (χ3v) is 1.06. The number of carbonyl (C=O) groups excluding carboxylic acids is 1. The largest absolute Gasteiger partial charge is 0.463 e. The molecule has 11 heavy (non-hydrogen) atoms. The fraction of sp³-hybridized carbons (Fsp3) is 0.833. The van der Waals surface area contributed by atoms with Gasteiger partial charge in [0.2, 0.25) is 0 Å². The molecule has 0 aromatic carbocycles. The van der Waals surface area contributed by atoms with Crippen molar-refractivity contribution in [3.05, 3.63) is 0 Å². The number of hydrogen-bond donors (Lipinski definition) is 1. The first kappa shape index (κ1) is 10.3. The van der Waals surface area contributed by atoms with E-state index < -0.39 is 18.7 Å². The van der Waals surface area contributed by atoms with Crippen LogP contribution in [0.4, 0.5) is 0 Å². The van der Waals surface area contributed by atoms with E-state index in [4.69, 9.17) is 5.11 Å². The summed E-state index contributed by atoms with van der Waals surface area (Å²) in [6.07, 6.45) is -0.706. The molecule has 0 aliphatic rings. The molecule has 0 aliphatic carbocycles. The Labute approximate surface area is 64.5 Å². The first-order chi connectivity index (χ1) is 5.24. The smallest absolute Gasteiger partial charge is 0.305 e. The van der Waals surface area contributed by atoms with Crippen molar-refractivity contribution in [1.29, 1.82) is 0 Å². The second kappa shape index (κ2) is 6.09. The number of carbonyl (C=O) groups is 1. The number of hydrogen-bond acceptors (Lipinski definition) is 4. The lowest BCUT2D eigenvalue weighted by Gasteiger charge is -2.08. The van der Waals surface area contributed by atoms with Gasteiger partial charge in [0.15, 0.2) is 6.10 Å². The van der Waals surface area contributed by atoms with Crippen molar-refractivity contribution in [2.24, 2.45) is 0 Å². The topological polar surface area (TPSA) is 75.7 Å². The molecular formula is C6H11O5. The van der Waals surface area contributed by atoms with Crippen molar-refractivity contribution < 1.29 is 24.8 Å². The average Bonchev–Trinajstić information content (AvgIpc) is 2.06. The number of esters is 1. The van der Waals surface area contributed by atoms with Crippen LogP contribution in [-0.2, 0) is 19.7 Å². The molecule has 1 radical (unpaired) electrons. The van der Waals surface area contributed by atoms with Crippen LogP contribution in [-0.4, -0.2) is 30.4 Å². The highest BCUT2D eigenvalue weighted by atomic mass is 17.1. The number of aliphatic hydroxyl groups is 1. The molecule has 65 valence electrons. The zero-order valence-corrected chi connectivity index (χ0v) is 6.28. The molecule has 0 spiro atoms. The van der Waals surface area contributed by atoms with Gasteiger partial charge in [-0.25, -0.2) is 0 Å². The van der Waals surface area contributed by atoms with Gasteiger partial charge in [-0.1, -0.05) is 6.92 Å². The summed E-state index contributed by atoms with van der Waals surface area (Å²) in [5.74, 6) is -0.416. The van der Waals surface area contributed by atoms with E-state index in [1.54, 1.807) is 6.92 Å². The van der Waals surface area contributed by atoms with Crippen LogP contribution in [0.5, 0.6) is 0 Å². The van der Waals surface area contributed by atoms with E-state index >= 15 is 0 Å². The average molecular weight is 163 g/mol. The molecule has 0 aromatic heterocycles. The SMILES string of the molecule is CCC(=O)OCC(CO)O[O]. The molecule has 1 unspecified atom stereocenters. The molecule has 5 heteroatoms. The van der Waals surface area contributed by atoms with Gasteiger partial charge in [-0.2, -0.15) is 4.89 Å². The molecule has 0 aliphatic heterocycles. The van der Waals surface area contributed by atoms with Crippen molar-refractivity contribution in [3.63, 3.8) is 0 Å². The van der Waals surface area contributed by atoms with E-state index in [2.05, 4.69) is 9.62 Å². The van der Waals surface area contributed by atoms with Gasteiger partial charge in [0.1, 0.15) is 6.61 Å². The molecule has 1 N–H and O–H groups in total. The zero-order chi connectivity index (χ0) is 8.69. The highest BCUT2D eigenvalue weighted by molar-refractivity contribution is 5.68. The van der Waals surface area contributed by atoms with Crippen LogP contribution in [0.15, 0.2) is 0 Å². The monoisotopic (exact) mass is 163 g/mol. The van der Waals surface area contributed by atoms with Gasteiger partial charge >= 0.3 is 5.97 Å². The van der Waals surface area contributed by atoms with Crippen LogP contribution in [0.3, 0.4) is 0 Å². The van der Waals surface area contributed by atoms with Crippen LogP contribution in [0.1, 0.15) is 13.3 Å². The Bertz CT molecular complexity index is 110. The Balaban J connectivity index is 3.42. The molecule has 5 nitrogen and oxygen atoms in total. The maximum absolute atomic E-state index is 10.5. The predicted octanol–water partition coefficient (Wildman–Crippen LogP) is -0.337. The van der Waals surface area contributed by atoms with Gasteiger partial charge in [-0.15, -0.1) is 0 Å². The Kier molecular flexibility index (Phi) is 5.73. The minimum Gasteiger partial charge on any atom is -0.463 e. The Morgan fingerprint density at radius 1 is 1.64 bits per heavy atom. The predicted molar refractivity (Wildman–Crippen MR) is 33.9 cm³/mol. The summed E-state index contributed by atoms with van der Waals surface area (Å²) in [6, 6.07) is 0. The molecule has 0 heterocycles. The van der Waals surface area contributed by atoms with E-state index in [0.29, 0.717) is 0 Å². The number of rotatable bonds is 5. The minimum absolute atomic E-state index is 0.188. The Hall–Kier alpha value is -0.650. The lowest BCUT2D eigenvalue weighted by atomic mass is 10.4. The van der Waals surface area contributed by atoms with Crippen molar-refractivity contribution in [2.45, 2.75) is 19.4 Å². The zero-order valence-electron chi connectivity index (χ0n) is 6.28. The fourth-order valence-electron chi connectivity index (χ4n) is 0.399. The van der Waals surface area contributed by atoms with Crippen molar-refractivity contribution in [3.8, 4) is 0 Å². The van der Waals surface area contributed by atoms with Gasteiger partial charge < -0.3 is 9.84 Å². The molecular weight excluding hydrogens is 152 g/mol. The third kappa shape index (κ3) is 4.72. The lowest BCUT2D eigenvalue weighted by Crippen LogP contribution is -2.23. The van der Waals surface area contributed by atoms with Crippen molar-refractivity contribution >= 4 is 5.97 Å². The van der Waals surface area contributed by atoms with Crippen LogP contribution in [0, 0.1) is 0 Å². The second-order valence-corrected chi connectivity index (χ2v) is 1.94. The molecule has 0 saturated heterocycles. The van der Waals surface area contributed by atoms with E-state index in [9.17, 15) is 10.1 Å². The van der Waals surface area contributed by atoms with Crippen molar-refractivity contribution in [2.75, 3.05) is 13.2 Å². The lowest BCUT2D eigenvalue weighted by molar-refractivity contribution is -0.344. The fourth-order valence-corrected chi connectivity index (χ4v) is 0.399. The molecule has 0 fully saturated rings. The van der Waals surface area contributed by atoms with Gasteiger partial charge in [0, 0.05) is 6.42 Å². The van der Waals surface area contributed by atoms with E-state index in [0.717, 1.165) is 0 Å². The standard InChI is InChI=1S/C6H11O5/c1-2-6(8)10-4-5(3-7)11-9/h5,7H,2-4H2,1H3. The Morgan fingerprint density at radius 3 is 2.64 bits per heavy atom. The number of ether oxygens (including phenoxy) is 1.